The molecule has 1 rings (SSSR count). The van der Waals surface area contributed by atoms with Crippen LogP contribution in [0.3, 0.4) is 0 Å². The van der Waals surface area contributed by atoms with E-state index < -0.39 is 0 Å². The first kappa shape index (κ1) is 8.54. The van der Waals surface area contributed by atoms with E-state index in [4.69, 9.17) is 0 Å². The van der Waals surface area contributed by atoms with Crippen molar-refractivity contribution in [3.8, 4) is 0 Å². The summed E-state index contributed by atoms with van der Waals surface area (Å²) in [6.07, 6.45) is 2.06. The van der Waals surface area contributed by atoms with Gasteiger partial charge < -0.3 is 0 Å². The standard InChI is InChI=1S/C10H11Br/c1-3-10(11)9-7-5-4-6-8(9)2/h3-7H,1-2H3/b10-3+. The molecule has 1 heteroatoms. The van der Waals surface area contributed by atoms with Crippen LogP contribution in [0, 0.1) is 6.92 Å². The Morgan fingerprint density at radius 3 is 2.55 bits per heavy atom. The topological polar surface area (TPSA) is 0 Å². The fourth-order valence-corrected chi connectivity index (χ4v) is 1.44. The number of hydrogen-bond acceptors (Lipinski definition) is 0. The van der Waals surface area contributed by atoms with Crippen LogP contribution in [0.4, 0.5) is 0 Å². The first-order valence-electron chi connectivity index (χ1n) is 3.63. The van der Waals surface area contributed by atoms with Crippen molar-refractivity contribution < 1.29 is 0 Å². The van der Waals surface area contributed by atoms with Crippen LogP contribution in [-0.4, -0.2) is 0 Å². The Hall–Kier alpha value is -0.560. The molecular formula is C10H11Br. The zero-order chi connectivity index (χ0) is 8.27. The SMILES string of the molecule is C/C=C(/Br)c1ccccc1C. The summed E-state index contributed by atoms with van der Waals surface area (Å²) in [7, 11) is 0. The number of rotatable bonds is 1. The largest absolute Gasteiger partial charge is 0.0728 e. The van der Waals surface area contributed by atoms with Crippen molar-refractivity contribution in [2.75, 3.05) is 0 Å². The molecule has 0 amide bonds. The molecule has 0 heterocycles. The Bertz CT molecular complexity index is 274. The zero-order valence-corrected chi connectivity index (χ0v) is 8.35. The second-order valence-corrected chi connectivity index (χ2v) is 3.31. The van der Waals surface area contributed by atoms with Crippen molar-refractivity contribution in [1.29, 1.82) is 0 Å². The van der Waals surface area contributed by atoms with Gasteiger partial charge in [-0.15, -0.1) is 0 Å². The first-order chi connectivity index (χ1) is 5.25. The second kappa shape index (κ2) is 3.72. The van der Waals surface area contributed by atoms with E-state index in [0.29, 0.717) is 0 Å². The van der Waals surface area contributed by atoms with E-state index in [9.17, 15) is 0 Å². The first-order valence-corrected chi connectivity index (χ1v) is 4.43. The van der Waals surface area contributed by atoms with Gasteiger partial charge in [0.05, 0.1) is 0 Å². The van der Waals surface area contributed by atoms with Crippen molar-refractivity contribution in [3.63, 3.8) is 0 Å². The molecule has 0 unspecified atom stereocenters. The Balaban J connectivity index is 3.14. The van der Waals surface area contributed by atoms with E-state index in [1.54, 1.807) is 0 Å². The number of aryl methyl sites for hydroxylation is 1. The van der Waals surface area contributed by atoms with Gasteiger partial charge in [0, 0.05) is 4.48 Å². The van der Waals surface area contributed by atoms with E-state index in [-0.39, 0.29) is 0 Å². The quantitative estimate of drug-likeness (QED) is 0.663. The highest BCUT2D eigenvalue weighted by molar-refractivity contribution is 9.15. The van der Waals surface area contributed by atoms with Crippen LogP contribution in [0.5, 0.6) is 0 Å². The van der Waals surface area contributed by atoms with Gasteiger partial charge in [0.15, 0.2) is 0 Å². The highest BCUT2D eigenvalue weighted by atomic mass is 79.9. The molecule has 0 aliphatic carbocycles. The third-order valence-corrected chi connectivity index (χ3v) is 2.54. The average Bonchev–Trinajstić information content (AvgIpc) is 2.04. The predicted octanol–water partition coefficient (Wildman–Crippen LogP) is 3.75. The Morgan fingerprint density at radius 2 is 2.00 bits per heavy atom. The van der Waals surface area contributed by atoms with E-state index in [2.05, 4.69) is 47.1 Å². The van der Waals surface area contributed by atoms with Gasteiger partial charge in [0.2, 0.25) is 0 Å². The van der Waals surface area contributed by atoms with Crippen LogP contribution >= 0.6 is 15.9 Å². The lowest BCUT2D eigenvalue weighted by molar-refractivity contribution is 1.44. The summed E-state index contributed by atoms with van der Waals surface area (Å²) in [4.78, 5) is 0. The molecular weight excluding hydrogens is 200 g/mol. The smallest absolute Gasteiger partial charge is 0.0207 e. The van der Waals surface area contributed by atoms with Crippen molar-refractivity contribution in [3.05, 3.63) is 41.5 Å². The molecule has 0 bridgehead atoms. The Morgan fingerprint density at radius 1 is 1.36 bits per heavy atom. The lowest BCUT2D eigenvalue weighted by atomic mass is 10.1. The summed E-state index contributed by atoms with van der Waals surface area (Å²) in [5.74, 6) is 0. The summed E-state index contributed by atoms with van der Waals surface area (Å²) in [6, 6.07) is 8.32. The third kappa shape index (κ3) is 1.93. The molecule has 0 atom stereocenters. The molecule has 11 heavy (non-hydrogen) atoms. The van der Waals surface area contributed by atoms with Crippen molar-refractivity contribution in [1.82, 2.24) is 0 Å². The van der Waals surface area contributed by atoms with Gasteiger partial charge in [0.25, 0.3) is 0 Å². The highest BCUT2D eigenvalue weighted by Crippen LogP contribution is 2.23. The van der Waals surface area contributed by atoms with Gasteiger partial charge in [-0.2, -0.15) is 0 Å². The number of allylic oxidation sites excluding steroid dienone is 1. The Labute approximate surface area is 76.1 Å². The van der Waals surface area contributed by atoms with Gasteiger partial charge in [-0.05, 0) is 25.0 Å². The third-order valence-electron chi connectivity index (χ3n) is 1.66. The molecule has 0 fully saturated rings. The normalized spacial score (nSPS) is 11.7. The fraction of sp³-hybridized carbons (Fsp3) is 0.200. The highest BCUT2D eigenvalue weighted by Gasteiger charge is 1.97. The maximum absolute atomic E-state index is 3.50. The molecule has 58 valence electrons. The van der Waals surface area contributed by atoms with Crippen LogP contribution in [-0.2, 0) is 0 Å². The van der Waals surface area contributed by atoms with Crippen molar-refractivity contribution >= 4 is 20.4 Å². The maximum Gasteiger partial charge on any atom is 0.0207 e. The van der Waals surface area contributed by atoms with E-state index in [0.717, 1.165) is 4.48 Å². The van der Waals surface area contributed by atoms with Gasteiger partial charge in [0.1, 0.15) is 0 Å². The summed E-state index contributed by atoms with van der Waals surface area (Å²) in [5.41, 5.74) is 2.58. The zero-order valence-electron chi connectivity index (χ0n) is 6.76. The summed E-state index contributed by atoms with van der Waals surface area (Å²) < 4.78 is 1.16. The summed E-state index contributed by atoms with van der Waals surface area (Å²) >= 11 is 3.50. The number of benzene rings is 1. The molecule has 0 radical (unpaired) electrons. The maximum atomic E-state index is 3.50. The Kier molecular flexibility index (Phi) is 2.89. The van der Waals surface area contributed by atoms with E-state index >= 15 is 0 Å². The fourth-order valence-electron chi connectivity index (χ4n) is 0.996. The van der Waals surface area contributed by atoms with Gasteiger partial charge in [-0.25, -0.2) is 0 Å². The number of hydrogen-bond donors (Lipinski definition) is 0. The summed E-state index contributed by atoms with van der Waals surface area (Å²) in [6.45, 7) is 4.14. The van der Waals surface area contributed by atoms with Gasteiger partial charge in [-0.3, -0.25) is 0 Å². The average molecular weight is 211 g/mol. The molecule has 0 aliphatic heterocycles. The van der Waals surface area contributed by atoms with Crippen LogP contribution in [0.25, 0.3) is 4.48 Å². The predicted molar refractivity (Wildman–Crippen MR) is 53.8 cm³/mol. The van der Waals surface area contributed by atoms with Gasteiger partial charge in [-0.1, -0.05) is 46.3 Å². The molecule has 0 aromatic heterocycles. The summed E-state index contributed by atoms with van der Waals surface area (Å²) in [5, 5.41) is 0. The minimum atomic E-state index is 1.16. The van der Waals surface area contributed by atoms with Crippen LogP contribution < -0.4 is 0 Å². The van der Waals surface area contributed by atoms with E-state index in [1.165, 1.54) is 11.1 Å². The number of halogens is 1. The minimum absolute atomic E-state index is 1.16. The molecule has 0 aliphatic rings. The molecule has 1 aromatic rings. The molecule has 0 saturated heterocycles. The molecule has 0 nitrogen and oxygen atoms in total. The van der Waals surface area contributed by atoms with E-state index in [1.807, 2.05) is 13.0 Å². The van der Waals surface area contributed by atoms with Crippen LogP contribution in [0.1, 0.15) is 18.1 Å². The van der Waals surface area contributed by atoms with Gasteiger partial charge >= 0.3 is 0 Å². The second-order valence-electron chi connectivity index (χ2n) is 2.45. The monoisotopic (exact) mass is 210 g/mol. The molecule has 0 saturated carbocycles. The lowest BCUT2D eigenvalue weighted by Crippen LogP contribution is -1.80. The van der Waals surface area contributed by atoms with Crippen molar-refractivity contribution in [2.24, 2.45) is 0 Å². The minimum Gasteiger partial charge on any atom is -0.0728 e. The van der Waals surface area contributed by atoms with Crippen LogP contribution in [0.2, 0.25) is 0 Å². The van der Waals surface area contributed by atoms with Crippen LogP contribution in [0.15, 0.2) is 30.3 Å². The van der Waals surface area contributed by atoms with Crippen molar-refractivity contribution in [2.45, 2.75) is 13.8 Å². The molecule has 0 spiro atoms. The molecule has 0 N–H and O–H groups in total. The molecule has 1 aromatic carbocycles. The lowest BCUT2D eigenvalue weighted by Gasteiger charge is -2.02.